The molecule has 1 atom stereocenters. The van der Waals surface area contributed by atoms with Crippen molar-refractivity contribution in [2.24, 2.45) is 7.05 Å². The standard InChI is InChI=1S/C20H21N5OS/c1-12(17-11-24(4)22-14(17)3)21-19(26)18-10-16-13(2)23-25(20(16)27-18)15-8-6-5-7-9-15/h5-12H,1-4H3,(H,21,26)/t12-/m1/s1. The number of thiophene rings is 1. The van der Waals surface area contributed by atoms with Crippen molar-refractivity contribution in [1.82, 2.24) is 24.9 Å². The molecule has 0 spiro atoms. The molecule has 1 N–H and O–H groups in total. The Morgan fingerprint density at radius 3 is 2.56 bits per heavy atom. The van der Waals surface area contributed by atoms with Crippen LogP contribution in [0.5, 0.6) is 0 Å². The molecule has 0 aliphatic rings. The Labute approximate surface area is 161 Å². The molecule has 3 aromatic heterocycles. The molecule has 0 unspecified atom stereocenters. The number of aryl methyl sites for hydroxylation is 3. The zero-order chi connectivity index (χ0) is 19.1. The van der Waals surface area contributed by atoms with Gasteiger partial charge in [0.25, 0.3) is 5.91 Å². The SMILES string of the molecule is Cc1nn(C)cc1[C@@H](C)NC(=O)c1cc2c(C)nn(-c3ccccc3)c2s1. The largest absolute Gasteiger partial charge is 0.345 e. The predicted octanol–water partition coefficient (Wildman–Crippen LogP) is 3.93. The molecule has 138 valence electrons. The number of hydrogen-bond donors (Lipinski definition) is 1. The fraction of sp³-hybridized carbons (Fsp3) is 0.250. The summed E-state index contributed by atoms with van der Waals surface area (Å²) in [6, 6.07) is 11.8. The van der Waals surface area contributed by atoms with Gasteiger partial charge in [-0.05, 0) is 39.0 Å². The highest BCUT2D eigenvalue weighted by molar-refractivity contribution is 7.20. The smallest absolute Gasteiger partial charge is 0.261 e. The van der Waals surface area contributed by atoms with Gasteiger partial charge >= 0.3 is 0 Å². The highest BCUT2D eigenvalue weighted by atomic mass is 32.1. The van der Waals surface area contributed by atoms with E-state index in [1.807, 2.05) is 75.1 Å². The average molecular weight is 379 g/mol. The summed E-state index contributed by atoms with van der Waals surface area (Å²) >= 11 is 1.46. The van der Waals surface area contributed by atoms with Gasteiger partial charge in [-0.2, -0.15) is 10.2 Å². The first kappa shape index (κ1) is 17.5. The predicted molar refractivity (Wildman–Crippen MR) is 108 cm³/mol. The minimum atomic E-state index is -0.108. The van der Waals surface area contributed by atoms with Crippen LogP contribution in [0.25, 0.3) is 15.9 Å². The van der Waals surface area contributed by atoms with E-state index in [0.29, 0.717) is 4.88 Å². The van der Waals surface area contributed by atoms with Gasteiger partial charge in [0.2, 0.25) is 0 Å². The van der Waals surface area contributed by atoms with Crippen molar-refractivity contribution >= 4 is 27.5 Å². The number of aromatic nitrogens is 4. The van der Waals surface area contributed by atoms with Crippen molar-refractivity contribution in [2.75, 3.05) is 0 Å². The minimum Gasteiger partial charge on any atom is -0.345 e. The lowest BCUT2D eigenvalue weighted by Crippen LogP contribution is -2.26. The Morgan fingerprint density at radius 2 is 1.89 bits per heavy atom. The van der Waals surface area contributed by atoms with Crippen LogP contribution in [0.1, 0.15) is 39.6 Å². The van der Waals surface area contributed by atoms with Crippen LogP contribution in [0.15, 0.2) is 42.6 Å². The van der Waals surface area contributed by atoms with Gasteiger partial charge in [-0.3, -0.25) is 9.48 Å². The summed E-state index contributed by atoms with van der Waals surface area (Å²) in [4.78, 5) is 14.5. The summed E-state index contributed by atoms with van der Waals surface area (Å²) in [5.74, 6) is -0.0778. The Hall–Kier alpha value is -2.93. The summed E-state index contributed by atoms with van der Waals surface area (Å²) in [6.07, 6.45) is 1.95. The van der Waals surface area contributed by atoms with Crippen molar-refractivity contribution in [2.45, 2.75) is 26.8 Å². The number of amides is 1. The highest BCUT2D eigenvalue weighted by Crippen LogP contribution is 2.30. The summed E-state index contributed by atoms with van der Waals surface area (Å²) in [7, 11) is 1.88. The monoisotopic (exact) mass is 379 g/mol. The lowest BCUT2D eigenvalue weighted by atomic mass is 10.1. The maximum atomic E-state index is 12.8. The molecule has 6 nitrogen and oxygen atoms in total. The molecule has 0 fully saturated rings. The fourth-order valence-electron chi connectivity index (χ4n) is 3.29. The molecule has 0 aliphatic carbocycles. The summed E-state index contributed by atoms with van der Waals surface area (Å²) in [6.45, 7) is 5.90. The Morgan fingerprint density at radius 1 is 1.15 bits per heavy atom. The van der Waals surface area contributed by atoms with Crippen LogP contribution in [0.3, 0.4) is 0 Å². The number of nitrogens with one attached hydrogen (secondary N) is 1. The second-order valence-corrected chi connectivity index (χ2v) is 7.73. The van der Waals surface area contributed by atoms with Crippen LogP contribution in [-0.4, -0.2) is 25.5 Å². The second kappa shape index (κ2) is 6.66. The molecule has 4 rings (SSSR count). The molecule has 0 bridgehead atoms. The van der Waals surface area contributed by atoms with Gasteiger partial charge in [-0.15, -0.1) is 11.3 Å². The highest BCUT2D eigenvalue weighted by Gasteiger charge is 2.20. The number of nitrogens with zero attached hydrogens (tertiary/aromatic N) is 4. The third-order valence-corrected chi connectivity index (χ3v) is 5.74. The summed E-state index contributed by atoms with van der Waals surface area (Å²) in [5, 5.41) is 13.1. The number of fused-ring (bicyclic) bond motifs is 1. The quantitative estimate of drug-likeness (QED) is 0.584. The molecule has 1 aromatic carbocycles. The molecular weight excluding hydrogens is 358 g/mol. The lowest BCUT2D eigenvalue weighted by Gasteiger charge is -2.12. The molecular formula is C20H21N5OS. The van der Waals surface area contributed by atoms with E-state index in [4.69, 9.17) is 0 Å². The van der Waals surface area contributed by atoms with E-state index in [9.17, 15) is 4.79 Å². The third kappa shape index (κ3) is 3.14. The van der Waals surface area contributed by atoms with Gasteiger partial charge in [0.05, 0.1) is 28.0 Å². The number of carbonyl (C=O) groups excluding carboxylic acids is 1. The molecule has 7 heteroatoms. The topological polar surface area (TPSA) is 64.7 Å². The number of hydrogen-bond acceptors (Lipinski definition) is 4. The Bertz CT molecular complexity index is 1120. The molecule has 0 saturated heterocycles. The van der Waals surface area contributed by atoms with Crippen LogP contribution in [0, 0.1) is 13.8 Å². The summed E-state index contributed by atoms with van der Waals surface area (Å²) < 4.78 is 3.67. The molecule has 0 saturated carbocycles. The molecule has 0 aliphatic heterocycles. The zero-order valence-electron chi connectivity index (χ0n) is 15.7. The molecule has 0 radical (unpaired) electrons. The zero-order valence-corrected chi connectivity index (χ0v) is 16.5. The van der Waals surface area contributed by atoms with Gasteiger partial charge in [0.1, 0.15) is 4.83 Å². The second-order valence-electron chi connectivity index (χ2n) is 6.70. The van der Waals surface area contributed by atoms with Gasteiger partial charge < -0.3 is 5.32 Å². The van der Waals surface area contributed by atoms with Crippen molar-refractivity contribution in [3.63, 3.8) is 0 Å². The normalized spacial score (nSPS) is 12.4. The van der Waals surface area contributed by atoms with Gasteiger partial charge in [-0.25, -0.2) is 4.68 Å². The van der Waals surface area contributed by atoms with E-state index < -0.39 is 0 Å². The molecule has 1 amide bonds. The van der Waals surface area contributed by atoms with E-state index in [-0.39, 0.29) is 11.9 Å². The maximum Gasteiger partial charge on any atom is 0.261 e. The van der Waals surface area contributed by atoms with E-state index in [1.165, 1.54) is 11.3 Å². The first-order valence-electron chi connectivity index (χ1n) is 8.79. The van der Waals surface area contributed by atoms with Gasteiger partial charge in [0.15, 0.2) is 0 Å². The van der Waals surface area contributed by atoms with Crippen molar-refractivity contribution in [1.29, 1.82) is 0 Å². The Balaban J connectivity index is 1.64. The first-order chi connectivity index (χ1) is 12.9. The van der Waals surface area contributed by atoms with E-state index >= 15 is 0 Å². The molecule has 27 heavy (non-hydrogen) atoms. The lowest BCUT2D eigenvalue weighted by molar-refractivity contribution is 0.0944. The molecule has 4 aromatic rings. The van der Waals surface area contributed by atoms with Crippen LogP contribution in [0.4, 0.5) is 0 Å². The van der Waals surface area contributed by atoms with Crippen LogP contribution >= 0.6 is 11.3 Å². The van der Waals surface area contributed by atoms with Crippen molar-refractivity contribution in [3.05, 3.63) is 64.4 Å². The van der Waals surface area contributed by atoms with Crippen LogP contribution in [-0.2, 0) is 7.05 Å². The minimum absolute atomic E-state index is 0.0778. The number of benzene rings is 1. The fourth-order valence-corrected chi connectivity index (χ4v) is 4.38. The molecule has 3 heterocycles. The third-order valence-electron chi connectivity index (χ3n) is 4.63. The van der Waals surface area contributed by atoms with Gasteiger partial charge in [-0.1, -0.05) is 18.2 Å². The van der Waals surface area contributed by atoms with Crippen molar-refractivity contribution in [3.8, 4) is 5.69 Å². The van der Waals surface area contributed by atoms with E-state index in [1.54, 1.807) is 4.68 Å². The van der Waals surface area contributed by atoms with Gasteiger partial charge in [0, 0.05) is 24.2 Å². The Kier molecular flexibility index (Phi) is 4.31. The number of carbonyl (C=O) groups is 1. The number of para-hydroxylation sites is 1. The van der Waals surface area contributed by atoms with Crippen LogP contribution in [0.2, 0.25) is 0 Å². The summed E-state index contributed by atoms with van der Waals surface area (Å²) in [5.41, 5.74) is 3.86. The van der Waals surface area contributed by atoms with Crippen LogP contribution < -0.4 is 5.32 Å². The number of rotatable bonds is 4. The first-order valence-corrected chi connectivity index (χ1v) is 9.61. The van der Waals surface area contributed by atoms with E-state index in [0.717, 1.165) is 32.9 Å². The average Bonchev–Trinajstić information content (AvgIpc) is 3.30. The van der Waals surface area contributed by atoms with E-state index in [2.05, 4.69) is 15.5 Å². The maximum absolute atomic E-state index is 12.8. The van der Waals surface area contributed by atoms with Crippen molar-refractivity contribution < 1.29 is 4.79 Å².